The minimum absolute atomic E-state index is 0.178. The highest BCUT2D eigenvalue weighted by atomic mass is 35.5. The fraction of sp³-hybridized carbons (Fsp3) is 0.462. The van der Waals surface area contributed by atoms with E-state index in [4.69, 9.17) is 11.6 Å². The van der Waals surface area contributed by atoms with Gasteiger partial charge in [0, 0.05) is 5.02 Å². The lowest BCUT2D eigenvalue weighted by Gasteiger charge is -2.25. The quantitative estimate of drug-likeness (QED) is 0.778. The SMILES string of the molecule is CCOC(=O)[C@@H](NS(=O)(=O)c1ccc(Cl)cc1)[C@H](C)C(F)(F)F. The number of carbonyl (C=O) groups is 1. The van der Waals surface area contributed by atoms with Gasteiger partial charge in [0.25, 0.3) is 0 Å². The third kappa shape index (κ3) is 5.36. The number of hydrogen-bond acceptors (Lipinski definition) is 4. The molecule has 0 saturated heterocycles. The van der Waals surface area contributed by atoms with Crippen molar-refractivity contribution in [2.24, 2.45) is 5.92 Å². The Hall–Kier alpha value is -1.32. The van der Waals surface area contributed by atoms with Gasteiger partial charge in [0.05, 0.1) is 17.4 Å². The van der Waals surface area contributed by atoms with Gasteiger partial charge in [0.15, 0.2) is 0 Å². The second-order valence-electron chi connectivity index (χ2n) is 4.64. The molecule has 2 atom stereocenters. The van der Waals surface area contributed by atoms with Gasteiger partial charge >= 0.3 is 12.1 Å². The molecule has 1 N–H and O–H groups in total. The molecule has 10 heteroatoms. The van der Waals surface area contributed by atoms with Crippen molar-refractivity contribution in [1.29, 1.82) is 0 Å². The van der Waals surface area contributed by atoms with Crippen LogP contribution in [0.15, 0.2) is 29.2 Å². The van der Waals surface area contributed by atoms with Crippen molar-refractivity contribution < 1.29 is 31.1 Å². The lowest BCUT2D eigenvalue weighted by molar-refractivity contribution is -0.185. The number of carbonyl (C=O) groups excluding carboxylic acids is 1. The molecular weight excluding hydrogens is 359 g/mol. The van der Waals surface area contributed by atoms with Crippen molar-refractivity contribution in [3.8, 4) is 0 Å². The molecule has 0 saturated carbocycles. The van der Waals surface area contributed by atoms with Crippen molar-refractivity contribution in [1.82, 2.24) is 4.72 Å². The van der Waals surface area contributed by atoms with Crippen LogP contribution in [-0.4, -0.2) is 33.2 Å². The van der Waals surface area contributed by atoms with Gasteiger partial charge in [-0.05, 0) is 31.2 Å². The van der Waals surface area contributed by atoms with Gasteiger partial charge < -0.3 is 4.74 Å². The monoisotopic (exact) mass is 373 g/mol. The van der Waals surface area contributed by atoms with Crippen LogP contribution in [0.1, 0.15) is 13.8 Å². The first-order valence-electron chi connectivity index (χ1n) is 6.50. The molecule has 23 heavy (non-hydrogen) atoms. The van der Waals surface area contributed by atoms with Crippen molar-refractivity contribution >= 4 is 27.6 Å². The van der Waals surface area contributed by atoms with E-state index in [9.17, 15) is 26.4 Å². The summed E-state index contributed by atoms with van der Waals surface area (Å²) in [5.41, 5.74) is 0. The number of hydrogen-bond donors (Lipinski definition) is 1. The summed E-state index contributed by atoms with van der Waals surface area (Å²) in [6.45, 7) is 1.93. The molecule has 1 aromatic rings. The average Bonchev–Trinajstić information content (AvgIpc) is 2.43. The Labute approximate surface area is 136 Å². The summed E-state index contributed by atoms with van der Waals surface area (Å²) in [7, 11) is -4.35. The fourth-order valence-electron chi connectivity index (χ4n) is 1.62. The molecule has 0 aromatic heterocycles. The zero-order valence-electron chi connectivity index (χ0n) is 12.2. The van der Waals surface area contributed by atoms with Crippen LogP contribution < -0.4 is 4.72 Å². The number of alkyl halides is 3. The average molecular weight is 374 g/mol. The number of sulfonamides is 1. The van der Waals surface area contributed by atoms with Gasteiger partial charge in [-0.25, -0.2) is 8.42 Å². The Morgan fingerprint density at radius 2 is 1.83 bits per heavy atom. The molecule has 130 valence electrons. The van der Waals surface area contributed by atoms with Crippen LogP contribution >= 0.6 is 11.6 Å². The first-order valence-corrected chi connectivity index (χ1v) is 8.36. The van der Waals surface area contributed by atoms with Gasteiger partial charge in [-0.2, -0.15) is 17.9 Å². The maximum absolute atomic E-state index is 12.9. The minimum atomic E-state index is -4.78. The molecule has 0 aliphatic rings. The standard InChI is InChI=1S/C13H15ClF3NO4S/c1-3-22-12(19)11(8(2)13(15,16)17)18-23(20,21)10-6-4-9(14)5-7-10/h4-8,11,18H,3H2,1-2H3/t8-,11-/m0/s1. The highest BCUT2D eigenvalue weighted by Crippen LogP contribution is 2.29. The van der Waals surface area contributed by atoms with E-state index in [1.807, 2.05) is 0 Å². The molecule has 0 heterocycles. The Morgan fingerprint density at radius 1 is 1.30 bits per heavy atom. The molecule has 0 radical (unpaired) electrons. The number of ether oxygens (including phenoxy) is 1. The topological polar surface area (TPSA) is 72.5 Å². The third-order valence-electron chi connectivity index (χ3n) is 2.96. The zero-order valence-corrected chi connectivity index (χ0v) is 13.8. The van der Waals surface area contributed by atoms with Crippen LogP contribution in [-0.2, 0) is 19.6 Å². The number of halogens is 4. The lowest BCUT2D eigenvalue weighted by atomic mass is 10.0. The van der Waals surface area contributed by atoms with Gasteiger partial charge in [-0.1, -0.05) is 18.5 Å². The summed E-state index contributed by atoms with van der Waals surface area (Å²) in [5, 5.41) is 0.259. The largest absolute Gasteiger partial charge is 0.465 e. The molecule has 5 nitrogen and oxygen atoms in total. The maximum Gasteiger partial charge on any atom is 0.393 e. The fourth-order valence-corrected chi connectivity index (χ4v) is 3.02. The van der Waals surface area contributed by atoms with Crippen LogP contribution in [0.25, 0.3) is 0 Å². The summed E-state index contributed by atoms with van der Waals surface area (Å²) in [4.78, 5) is 11.4. The Kier molecular flexibility index (Phi) is 6.43. The Bertz CT molecular complexity index is 646. The van der Waals surface area contributed by atoms with E-state index < -0.39 is 34.1 Å². The Morgan fingerprint density at radius 3 is 2.26 bits per heavy atom. The minimum Gasteiger partial charge on any atom is -0.465 e. The number of rotatable bonds is 6. The van der Waals surface area contributed by atoms with E-state index in [1.165, 1.54) is 19.1 Å². The van der Waals surface area contributed by atoms with Crippen LogP contribution in [0.5, 0.6) is 0 Å². The number of nitrogens with one attached hydrogen (secondary N) is 1. The van der Waals surface area contributed by atoms with Crippen molar-refractivity contribution in [2.75, 3.05) is 6.61 Å². The van der Waals surface area contributed by atoms with E-state index in [1.54, 1.807) is 4.72 Å². The molecule has 0 spiro atoms. The van der Waals surface area contributed by atoms with Gasteiger partial charge in [0.2, 0.25) is 10.0 Å². The molecular formula is C13H15ClF3NO4S. The molecule has 0 bridgehead atoms. The summed E-state index contributed by atoms with van der Waals surface area (Å²) in [6.07, 6.45) is -4.78. The molecule has 0 amide bonds. The Balaban J connectivity index is 3.13. The third-order valence-corrected chi connectivity index (χ3v) is 4.67. The molecule has 0 aliphatic heterocycles. The number of benzene rings is 1. The van der Waals surface area contributed by atoms with E-state index in [0.29, 0.717) is 6.92 Å². The lowest BCUT2D eigenvalue weighted by Crippen LogP contribution is -2.50. The first kappa shape index (κ1) is 19.7. The number of esters is 1. The predicted octanol–water partition coefficient (Wildman–Crippen LogP) is 2.75. The molecule has 1 aromatic carbocycles. The molecule has 1 rings (SSSR count). The van der Waals surface area contributed by atoms with Crippen LogP contribution in [0, 0.1) is 5.92 Å². The normalized spacial score (nSPS) is 15.0. The summed E-state index contributed by atoms with van der Waals surface area (Å²) >= 11 is 5.63. The maximum atomic E-state index is 12.9. The van der Waals surface area contributed by atoms with Crippen molar-refractivity contribution in [3.63, 3.8) is 0 Å². The summed E-state index contributed by atoms with van der Waals surface area (Å²) in [5.74, 6) is -3.56. The zero-order chi connectivity index (χ0) is 17.8. The smallest absolute Gasteiger partial charge is 0.393 e. The van der Waals surface area contributed by atoms with E-state index in [-0.39, 0.29) is 16.5 Å². The first-order chi connectivity index (χ1) is 10.5. The molecule has 0 fully saturated rings. The van der Waals surface area contributed by atoms with Gasteiger partial charge in [-0.15, -0.1) is 0 Å². The van der Waals surface area contributed by atoms with Crippen molar-refractivity contribution in [2.45, 2.75) is 31.0 Å². The van der Waals surface area contributed by atoms with Crippen LogP contribution in [0.4, 0.5) is 13.2 Å². The summed E-state index contributed by atoms with van der Waals surface area (Å²) in [6, 6.07) is 2.68. The van der Waals surface area contributed by atoms with Gasteiger partial charge in [-0.3, -0.25) is 4.79 Å². The molecule has 0 unspecified atom stereocenters. The van der Waals surface area contributed by atoms with E-state index in [0.717, 1.165) is 12.1 Å². The van der Waals surface area contributed by atoms with E-state index in [2.05, 4.69) is 4.74 Å². The highest BCUT2D eigenvalue weighted by molar-refractivity contribution is 7.89. The van der Waals surface area contributed by atoms with Crippen LogP contribution in [0.3, 0.4) is 0 Å². The second-order valence-corrected chi connectivity index (χ2v) is 6.79. The van der Waals surface area contributed by atoms with Crippen molar-refractivity contribution in [3.05, 3.63) is 29.3 Å². The summed E-state index contributed by atoms with van der Waals surface area (Å²) < 4.78 is 69.2. The van der Waals surface area contributed by atoms with Crippen LogP contribution in [0.2, 0.25) is 5.02 Å². The predicted molar refractivity (Wildman–Crippen MR) is 77.4 cm³/mol. The molecule has 0 aliphatic carbocycles. The second kappa shape index (κ2) is 7.50. The van der Waals surface area contributed by atoms with Gasteiger partial charge in [0.1, 0.15) is 6.04 Å². The van der Waals surface area contributed by atoms with E-state index >= 15 is 0 Å². The highest BCUT2D eigenvalue weighted by Gasteiger charge is 2.46.